The standard InChI is InChI=1S/C17H12N2O2S/c20-16-15-14(12-8-4-5-9-13(12)21-15)18-17(22)19(16)10-11-6-2-1-3-7-11/h1-9H,10H2,(H,18,22). The van der Waals surface area contributed by atoms with Gasteiger partial charge in [0.15, 0.2) is 4.77 Å². The Morgan fingerprint density at radius 1 is 1.05 bits per heavy atom. The molecular weight excluding hydrogens is 296 g/mol. The van der Waals surface area contributed by atoms with Gasteiger partial charge in [0.25, 0.3) is 5.56 Å². The normalized spacial score (nSPS) is 11.3. The van der Waals surface area contributed by atoms with E-state index in [0.29, 0.717) is 28.0 Å². The molecule has 0 bridgehead atoms. The van der Waals surface area contributed by atoms with Crippen LogP contribution >= 0.6 is 12.2 Å². The number of furan rings is 1. The molecule has 0 aliphatic heterocycles. The van der Waals surface area contributed by atoms with Gasteiger partial charge in [0.2, 0.25) is 5.58 Å². The van der Waals surface area contributed by atoms with Crippen LogP contribution in [0.4, 0.5) is 0 Å². The van der Waals surface area contributed by atoms with Crippen LogP contribution in [0.15, 0.2) is 63.8 Å². The highest BCUT2D eigenvalue weighted by Gasteiger charge is 2.13. The zero-order chi connectivity index (χ0) is 15.1. The molecule has 4 rings (SSSR count). The van der Waals surface area contributed by atoms with Gasteiger partial charge in [-0.1, -0.05) is 42.5 Å². The summed E-state index contributed by atoms with van der Waals surface area (Å²) in [6, 6.07) is 17.3. The lowest BCUT2D eigenvalue weighted by molar-refractivity contribution is 0.640. The minimum Gasteiger partial charge on any atom is -0.449 e. The summed E-state index contributed by atoms with van der Waals surface area (Å²) in [6.45, 7) is 0.419. The Labute approximate surface area is 130 Å². The van der Waals surface area contributed by atoms with E-state index in [1.54, 1.807) is 0 Å². The molecule has 2 heterocycles. The SMILES string of the molecule is O=c1c2oc3ccccc3c2[nH]c(=S)n1Cc1ccccc1. The van der Waals surface area contributed by atoms with Crippen molar-refractivity contribution in [2.75, 3.05) is 0 Å². The average Bonchev–Trinajstić information content (AvgIpc) is 2.91. The Hall–Kier alpha value is -2.66. The van der Waals surface area contributed by atoms with E-state index in [0.717, 1.165) is 10.9 Å². The Kier molecular flexibility index (Phi) is 2.94. The molecule has 5 heteroatoms. The van der Waals surface area contributed by atoms with Crippen molar-refractivity contribution in [1.29, 1.82) is 0 Å². The number of hydrogen-bond acceptors (Lipinski definition) is 3. The third kappa shape index (κ3) is 1.98. The van der Waals surface area contributed by atoms with Gasteiger partial charge in [-0.05, 0) is 29.9 Å². The third-order valence-electron chi connectivity index (χ3n) is 3.70. The van der Waals surface area contributed by atoms with Gasteiger partial charge in [0.05, 0.1) is 6.54 Å². The van der Waals surface area contributed by atoms with Crippen molar-refractivity contribution in [2.24, 2.45) is 0 Å². The molecule has 0 atom stereocenters. The van der Waals surface area contributed by atoms with Gasteiger partial charge in [-0.2, -0.15) is 0 Å². The predicted molar refractivity (Wildman–Crippen MR) is 88.7 cm³/mol. The van der Waals surface area contributed by atoms with Crippen LogP contribution in [-0.4, -0.2) is 9.55 Å². The Balaban J connectivity index is 1.99. The number of hydrogen-bond donors (Lipinski definition) is 1. The highest BCUT2D eigenvalue weighted by Crippen LogP contribution is 2.24. The summed E-state index contributed by atoms with van der Waals surface area (Å²) in [6.07, 6.45) is 0. The molecule has 0 aliphatic carbocycles. The highest BCUT2D eigenvalue weighted by molar-refractivity contribution is 7.71. The van der Waals surface area contributed by atoms with Crippen LogP contribution in [0, 0.1) is 4.77 Å². The fourth-order valence-electron chi connectivity index (χ4n) is 2.62. The molecule has 0 radical (unpaired) electrons. The van der Waals surface area contributed by atoms with Gasteiger partial charge in [-0.25, -0.2) is 0 Å². The van der Waals surface area contributed by atoms with E-state index in [2.05, 4.69) is 4.98 Å². The molecule has 0 aliphatic rings. The number of H-pyrrole nitrogens is 1. The van der Waals surface area contributed by atoms with Crippen molar-refractivity contribution < 1.29 is 4.42 Å². The van der Waals surface area contributed by atoms with E-state index >= 15 is 0 Å². The number of para-hydroxylation sites is 1. The molecule has 0 amide bonds. The molecule has 22 heavy (non-hydrogen) atoms. The van der Waals surface area contributed by atoms with Crippen LogP contribution in [-0.2, 0) is 6.54 Å². The van der Waals surface area contributed by atoms with E-state index in [1.807, 2.05) is 54.6 Å². The lowest BCUT2D eigenvalue weighted by Gasteiger charge is -2.05. The summed E-state index contributed by atoms with van der Waals surface area (Å²) >= 11 is 5.36. The first-order valence-electron chi connectivity index (χ1n) is 6.92. The molecule has 0 saturated carbocycles. The summed E-state index contributed by atoms with van der Waals surface area (Å²) < 4.78 is 7.63. The van der Waals surface area contributed by atoms with Crippen molar-refractivity contribution in [1.82, 2.24) is 9.55 Å². The lowest BCUT2D eigenvalue weighted by atomic mass is 10.2. The molecule has 108 valence electrons. The molecule has 0 spiro atoms. The van der Waals surface area contributed by atoms with Gasteiger partial charge in [0, 0.05) is 5.39 Å². The van der Waals surface area contributed by atoms with Crippen molar-refractivity contribution in [3.8, 4) is 0 Å². The van der Waals surface area contributed by atoms with Crippen LogP contribution < -0.4 is 5.56 Å². The fourth-order valence-corrected chi connectivity index (χ4v) is 2.87. The Bertz CT molecular complexity index is 1090. The largest absolute Gasteiger partial charge is 0.449 e. The van der Waals surface area contributed by atoms with Gasteiger partial charge in [-0.3, -0.25) is 9.36 Å². The Morgan fingerprint density at radius 2 is 1.77 bits per heavy atom. The second-order valence-corrected chi connectivity index (χ2v) is 5.50. The minimum atomic E-state index is -0.209. The number of aromatic nitrogens is 2. The number of benzene rings is 2. The first kappa shape index (κ1) is 13.0. The summed E-state index contributed by atoms with van der Waals surface area (Å²) in [5.74, 6) is 0. The van der Waals surface area contributed by atoms with E-state index in [-0.39, 0.29) is 5.56 Å². The maximum atomic E-state index is 12.7. The average molecular weight is 308 g/mol. The van der Waals surface area contributed by atoms with Gasteiger partial charge in [0.1, 0.15) is 11.1 Å². The van der Waals surface area contributed by atoms with Crippen LogP contribution in [0.25, 0.3) is 22.1 Å². The molecule has 0 unspecified atom stereocenters. The number of nitrogens with zero attached hydrogens (tertiary/aromatic N) is 1. The Morgan fingerprint density at radius 3 is 2.59 bits per heavy atom. The topological polar surface area (TPSA) is 50.9 Å². The van der Waals surface area contributed by atoms with Crippen LogP contribution in [0.3, 0.4) is 0 Å². The number of aromatic amines is 1. The predicted octanol–water partition coefficient (Wildman–Crippen LogP) is 3.85. The highest BCUT2D eigenvalue weighted by atomic mass is 32.1. The molecule has 2 aromatic carbocycles. The molecule has 0 saturated heterocycles. The molecule has 0 fully saturated rings. The molecule has 4 nitrogen and oxygen atoms in total. The minimum absolute atomic E-state index is 0.209. The number of rotatable bonds is 2. The zero-order valence-electron chi connectivity index (χ0n) is 11.6. The van der Waals surface area contributed by atoms with Gasteiger partial charge >= 0.3 is 0 Å². The fraction of sp³-hybridized carbons (Fsp3) is 0.0588. The summed E-state index contributed by atoms with van der Waals surface area (Å²) in [5, 5.41) is 0.868. The van der Waals surface area contributed by atoms with Crippen LogP contribution in [0.5, 0.6) is 0 Å². The summed E-state index contributed by atoms with van der Waals surface area (Å²) in [4.78, 5) is 15.8. The lowest BCUT2D eigenvalue weighted by Crippen LogP contribution is -2.22. The first-order valence-corrected chi connectivity index (χ1v) is 7.33. The first-order chi connectivity index (χ1) is 10.7. The molecule has 4 aromatic rings. The van der Waals surface area contributed by atoms with Crippen molar-refractivity contribution in [3.05, 3.63) is 75.3 Å². The van der Waals surface area contributed by atoms with Gasteiger partial charge in [-0.15, -0.1) is 0 Å². The van der Waals surface area contributed by atoms with Crippen LogP contribution in [0.1, 0.15) is 5.56 Å². The number of nitrogens with one attached hydrogen (secondary N) is 1. The molecular formula is C17H12N2O2S. The third-order valence-corrected chi connectivity index (χ3v) is 4.02. The van der Waals surface area contributed by atoms with Crippen molar-refractivity contribution >= 4 is 34.3 Å². The maximum absolute atomic E-state index is 12.7. The van der Waals surface area contributed by atoms with Gasteiger partial charge < -0.3 is 9.40 Å². The quantitative estimate of drug-likeness (QED) is 0.572. The monoisotopic (exact) mass is 308 g/mol. The van der Waals surface area contributed by atoms with Crippen molar-refractivity contribution in [3.63, 3.8) is 0 Å². The second kappa shape index (κ2) is 4.96. The van der Waals surface area contributed by atoms with Crippen LogP contribution in [0.2, 0.25) is 0 Å². The summed E-state index contributed by atoms with van der Waals surface area (Å²) in [5.41, 5.74) is 2.46. The molecule has 2 aromatic heterocycles. The van der Waals surface area contributed by atoms with E-state index in [1.165, 1.54) is 4.57 Å². The number of fused-ring (bicyclic) bond motifs is 3. The van der Waals surface area contributed by atoms with E-state index < -0.39 is 0 Å². The van der Waals surface area contributed by atoms with E-state index in [9.17, 15) is 4.79 Å². The zero-order valence-corrected chi connectivity index (χ0v) is 12.4. The summed E-state index contributed by atoms with van der Waals surface area (Å²) in [7, 11) is 0. The van der Waals surface area contributed by atoms with E-state index in [4.69, 9.17) is 16.6 Å². The molecule has 1 N–H and O–H groups in total. The van der Waals surface area contributed by atoms with Crippen molar-refractivity contribution in [2.45, 2.75) is 6.54 Å². The smallest absolute Gasteiger partial charge is 0.298 e. The maximum Gasteiger partial charge on any atom is 0.298 e. The second-order valence-electron chi connectivity index (χ2n) is 5.11.